The molecule has 138 valence electrons. The molecule has 0 aliphatic carbocycles. The predicted octanol–water partition coefficient (Wildman–Crippen LogP) is 3.55. The van der Waals surface area contributed by atoms with Gasteiger partial charge in [0, 0.05) is 24.3 Å². The summed E-state index contributed by atoms with van der Waals surface area (Å²) in [5.41, 5.74) is 1.51. The Morgan fingerprint density at radius 3 is 2.56 bits per heavy atom. The molecular formula is C19H17FN4O2S. The van der Waals surface area contributed by atoms with Crippen molar-refractivity contribution in [2.24, 2.45) is 0 Å². The number of nitrogens with zero attached hydrogens (tertiary/aromatic N) is 4. The van der Waals surface area contributed by atoms with Crippen molar-refractivity contribution in [3.63, 3.8) is 0 Å². The van der Waals surface area contributed by atoms with Crippen molar-refractivity contribution < 1.29 is 13.9 Å². The molecule has 0 saturated heterocycles. The maximum absolute atomic E-state index is 13.1. The molecule has 0 N–H and O–H groups in total. The van der Waals surface area contributed by atoms with Crippen LogP contribution in [0.1, 0.15) is 10.4 Å². The molecule has 8 heteroatoms. The van der Waals surface area contributed by atoms with E-state index >= 15 is 0 Å². The fourth-order valence-corrected chi connectivity index (χ4v) is 3.79. The molecule has 0 spiro atoms. The molecule has 0 saturated carbocycles. The molecule has 0 bridgehead atoms. The van der Waals surface area contributed by atoms with Crippen LogP contribution in [0.3, 0.4) is 0 Å². The van der Waals surface area contributed by atoms with Gasteiger partial charge < -0.3 is 9.64 Å². The number of carbonyl (C=O) groups is 1. The first-order chi connectivity index (χ1) is 13.2. The average molecular weight is 384 g/mol. The topological polar surface area (TPSA) is 60.2 Å². The van der Waals surface area contributed by atoms with Crippen LogP contribution in [-0.2, 0) is 6.54 Å². The summed E-state index contributed by atoms with van der Waals surface area (Å²) in [6.07, 6.45) is 0. The van der Waals surface area contributed by atoms with E-state index in [1.807, 2.05) is 9.47 Å². The number of hydrogen-bond donors (Lipinski definition) is 0. The van der Waals surface area contributed by atoms with Gasteiger partial charge in [-0.05, 0) is 48.5 Å². The Hall–Kier alpha value is -2.87. The van der Waals surface area contributed by atoms with Crippen molar-refractivity contribution in [3.8, 4) is 5.75 Å². The van der Waals surface area contributed by atoms with Crippen LogP contribution in [0.2, 0.25) is 0 Å². The minimum Gasteiger partial charge on any atom is -0.497 e. The number of halogens is 1. The molecule has 2 heterocycles. The molecule has 0 radical (unpaired) electrons. The Labute approximate surface area is 160 Å². The van der Waals surface area contributed by atoms with Crippen LogP contribution in [0.5, 0.6) is 5.75 Å². The number of ketones is 1. The molecule has 0 unspecified atom stereocenters. The number of anilines is 2. The number of aromatic nitrogens is 3. The van der Waals surface area contributed by atoms with Gasteiger partial charge in [0.05, 0.1) is 12.9 Å². The molecule has 4 rings (SSSR count). The second kappa shape index (κ2) is 7.40. The van der Waals surface area contributed by atoms with E-state index in [2.05, 4.69) is 10.2 Å². The molecule has 1 aliphatic rings. The summed E-state index contributed by atoms with van der Waals surface area (Å²) in [5, 5.41) is 9.16. The van der Waals surface area contributed by atoms with Gasteiger partial charge in [0.2, 0.25) is 5.95 Å². The van der Waals surface area contributed by atoms with Gasteiger partial charge in [-0.15, -0.1) is 10.2 Å². The maximum Gasteiger partial charge on any atom is 0.232 e. The fourth-order valence-electron chi connectivity index (χ4n) is 2.94. The molecule has 0 atom stereocenters. The number of ether oxygens (including phenoxy) is 1. The second-order valence-electron chi connectivity index (χ2n) is 6.00. The van der Waals surface area contributed by atoms with E-state index in [0.717, 1.165) is 24.5 Å². The SMILES string of the molecule is COc1ccc(C(=O)CSc2nnc3n2CCN3c2ccc(F)cc2)cc1. The molecular weight excluding hydrogens is 367 g/mol. The zero-order chi connectivity index (χ0) is 18.8. The highest BCUT2D eigenvalue weighted by molar-refractivity contribution is 7.99. The molecule has 3 aromatic rings. The lowest BCUT2D eigenvalue weighted by Gasteiger charge is -2.14. The number of fused-ring (bicyclic) bond motifs is 1. The van der Waals surface area contributed by atoms with Gasteiger partial charge in [-0.2, -0.15) is 0 Å². The lowest BCUT2D eigenvalue weighted by molar-refractivity contribution is 0.102. The van der Waals surface area contributed by atoms with Crippen molar-refractivity contribution in [2.45, 2.75) is 11.7 Å². The van der Waals surface area contributed by atoms with E-state index in [1.54, 1.807) is 43.5 Å². The van der Waals surface area contributed by atoms with Crippen LogP contribution >= 0.6 is 11.8 Å². The molecule has 27 heavy (non-hydrogen) atoms. The lowest BCUT2D eigenvalue weighted by atomic mass is 10.1. The van der Waals surface area contributed by atoms with Crippen LogP contribution in [-0.4, -0.2) is 40.0 Å². The van der Waals surface area contributed by atoms with Crippen molar-refractivity contribution >= 4 is 29.2 Å². The zero-order valence-corrected chi connectivity index (χ0v) is 15.4. The number of carbonyl (C=O) groups excluding carboxylic acids is 1. The van der Waals surface area contributed by atoms with Crippen molar-refractivity contribution in [3.05, 3.63) is 59.9 Å². The molecule has 1 aromatic heterocycles. The Morgan fingerprint density at radius 1 is 1.11 bits per heavy atom. The standard InChI is InChI=1S/C19H17FN4O2S/c1-26-16-8-2-13(3-9-16)17(25)12-27-19-22-21-18-23(10-11-24(18)19)15-6-4-14(20)5-7-15/h2-9H,10-12H2,1H3. The van der Waals surface area contributed by atoms with Crippen LogP contribution in [0, 0.1) is 5.82 Å². The van der Waals surface area contributed by atoms with E-state index < -0.39 is 0 Å². The minimum absolute atomic E-state index is 0.0217. The van der Waals surface area contributed by atoms with Gasteiger partial charge in [-0.3, -0.25) is 9.36 Å². The third-order valence-electron chi connectivity index (χ3n) is 4.37. The largest absolute Gasteiger partial charge is 0.497 e. The molecule has 2 aromatic carbocycles. The van der Waals surface area contributed by atoms with E-state index in [-0.39, 0.29) is 17.4 Å². The zero-order valence-electron chi connectivity index (χ0n) is 14.6. The first kappa shape index (κ1) is 17.5. The van der Waals surface area contributed by atoms with Gasteiger partial charge in [0.1, 0.15) is 11.6 Å². The monoisotopic (exact) mass is 384 g/mol. The summed E-state index contributed by atoms with van der Waals surface area (Å²) in [6, 6.07) is 13.4. The predicted molar refractivity (Wildman–Crippen MR) is 101 cm³/mol. The normalized spacial score (nSPS) is 12.9. The summed E-state index contributed by atoms with van der Waals surface area (Å²) in [7, 11) is 1.59. The van der Waals surface area contributed by atoms with Crippen LogP contribution in [0.4, 0.5) is 16.0 Å². The lowest BCUT2D eigenvalue weighted by Crippen LogP contribution is -2.14. The molecule has 6 nitrogen and oxygen atoms in total. The first-order valence-corrected chi connectivity index (χ1v) is 9.40. The minimum atomic E-state index is -0.271. The highest BCUT2D eigenvalue weighted by atomic mass is 32.2. The molecule has 0 amide bonds. The number of hydrogen-bond acceptors (Lipinski definition) is 6. The maximum atomic E-state index is 13.1. The summed E-state index contributed by atoms with van der Waals surface area (Å²) < 4.78 is 20.2. The fraction of sp³-hybridized carbons (Fsp3) is 0.211. The quantitative estimate of drug-likeness (QED) is 0.478. The van der Waals surface area contributed by atoms with Crippen LogP contribution < -0.4 is 9.64 Å². The van der Waals surface area contributed by atoms with Gasteiger partial charge in [0.25, 0.3) is 0 Å². The average Bonchev–Trinajstić information content (AvgIpc) is 3.29. The van der Waals surface area contributed by atoms with Gasteiger partial charge in [-0.1, -0.05) is 11.8 Å². The Balaban J connectivity index is 1.45. The van der Waals surface area contributed by atoms with E-state index in [0.29, 0.717) is 16.7 Å². The number of benzene rings is 2. The van der Waals surface area contributed by atoms with E-state index in [4.69, 9.17) is 4.74 Å². The first-order valence-electron chi connectivity index (χ1n) is 8.42. The Morgan fingerprint density at radius 2 is 1.85 bits per heavy atom. The van der Waals surface area contributed by atoms with Gasteiger partial charge in [0.15, 0.2) is 10.9 Å². The smallest absolute Gasteiger partial charge is 0.232 e. The van der Waals surface area contributed by atoms with E-state index in [1.165, 1.54) is 23.9 Å². The second-order valence-corrected chi connectivity index (χ2v) is 6.95. The third kappa shape index (κ3) is 3.52. The van der Waals surface area contributed by atoms with E-state index in [9.17, 15) is 9.18 Å². The van der Waals surface area contributed by atoms with Crippen molar-refractivity contribution in [1.29, 1.82) is 0 Å². The summed E-state index contributed by atoms with van der Waals surface area (Å²) in [6.45, 7) is 1.45. The molecule has 0 fully saturated rings. The summed E-state index contributed by atoms with van der Waals surface area (Å²) >= 11 is 1.37. The number of Topliss-reactive ketones (excluding diaryl/α,β-unsaturated/α-hetero) is 1. The van der Waals surface area contributed by atoms with Crippen molar-refractivity contribution in [2.75, 3.05) is 24.3 Å². The Bertz CT molecular complexity index is 957. The number of thioether (sulfide) groups is 1. The van der Waals surface area contributed by atoms with Crippen LogP contribution in [0.15, 0.2) is 53.7 Å². The van der Waals surface area contributed by atoms with Crippen molar-refractivity contribution in [1.82, 2.24) is 14.8 Å². The molecule has 1 aliphatic heterocycles. The highest BCUT2D eigenvalue weighted by Crippen LogP contribution is 2.32. The third-order valence-corrected chi connectivity index (χ3v) is 5.34. The number of rotatable bonds is 6. The van der Waals surface area contributed by atoms with Gasteiger partial charge in [-0.25, -0.2) is 4.39 Å². The highest BCUT2D eigenvalue weighted by Gasteiger charge is 2.26. The summed E-state index contributed by atoms with van der Waals surface area (Å²) in [4.78, 5) is 14.4. The Kier molecular flexibility index (Phi) is 4.81. The van der Waals surface area contributed by atoms with Gasteiger partial charge >= 0.3 is 0 Å². The van der Waals surface area contributed by atoms with Crippen LogP contribution in [0.25, 0.3) is 0 Å². The summed E-state index contributed by atoms with van der Waals surface area (Å²) in [5.74, 6) is 1.46. The number of methoxy groups -OCH3 is 1.